The molecule has 3 aromatic rings. The predicted molar refractivity (Wildman–Crippen MR) is 121 cm³/mol. The molecule has 0 radical (unpaired) electrons. The molecule has 1 aliphatic rings. The number of hydrogen-bond acceptors (Lipinski definition) is 6. The first kappa shape index (κ1) is 20.6. The van der Waals surface area contributed by atoms with Gasteiger partial charge in [-0.15, -0.1) is 0 Å². The van der Waals surface area contributed by atoms with Crippen LogP contribution in [0, 0.1) is 13.8 Å². The van der Waals surface area contributed by atoms with Crippen LogP contribution < -0.4 is 14.4 Å². The first-order valence-electron chi connectivity index (χ1n) is 10.3. The van der Waals surface area contributed by atoms with E-state index in [4.69, 9.17) is 14.5 Å². The first-order valence-corrected chi connectivity index (χ1v) is 11.1. The Hall–Kier alpha value is -2.64. The van der Waals surface area contributed by atoms with Crippen LogP contribution in [-0.2, 0) is 0 Å². The second-order valence-electron chi connectivity index (χ2n) is 7.48. The molecule has 0 bridgehead atoms. The van der Waals surface area contributed by atoms with E-state index in [2.05, 4.69) is 44.7 Å². The van der Waals surface area contributed by atoms with Crippen molar-refractivity contribution in [3.63, 3.8) is 0 Å². The van der Waals surface area contributed by atoms with E-state index in [-0.39, 0.29) is 12.7 Å². The third-order valence-corrected chi connectivity index (χ3v) is 6.67. The minimum absolute atomic E-state index is 0.0751. The topological polar surface area (TPSA) is 54.9 Å². The molecule has 2 heterocycles. The van der Waals surface area contributed by atoms with Crippen LogP contribution in [0.4, 0.5) is 5.13 Å². The number of likely N-dealkylation sites (N-methyl/N-ethyl adjacent to an activating group) is 1. The molecule has 4 rings (SSSR count). The Morgan fingerprint density at radius 3 is 2.60 bits per heavy atom. The maximum absolute atomic E-state index is 13.5. The van der Waals surface area contributed by atoms with E-state index in [1.54, 1.807) is 34.4 Å². The summed E-state index contributed by atoms with van der Waals surface area (Å²) in [6.07, 6.45) is 0. The van der Waals surface area contributed by atoms with Gasteiger partial charge in [0.2, 0.25) is 6.79 Å². The molecule has 0 N–H and O–H groups in total. The number of aromatic nitrogens is 1. The number of ether oxygens (including phenoxy) is 2. The summed E-state index contributed by atoms with van der Waals surface area (Å²) in [5, 5.41) is 0.730. The molecule has 0 fully saturated rings. The summed E-state index contributed by atoms with van der Waals surface area (Å²) in [7, 11) is 0. The third kappa shape index (κ3) is 4.00. The number of rotatable bonds is 7. The summed E-state index contributed by atoms with van der Waals surface area (Å²) >= 11 is 1.58. The SMILES string of the molecule is CCN(CC)CCN(C(=O)c1ccc2c(c1)OCO2)c1nc2cc(C)cc(C)c2s1. The van der Waals surface area contributed by atoms with Crippen molar-refractivity contribution in [1.29, 1.82) is 0 Å². The first-order chi connectivity index (χ1) is 14.5. The van der Waals surface area contributed by atoms with Crippen molar-refractivity contribution < 1.29 is 14.3 Å². The predicted octanol–water partition coefficient (Wildman–Crippen LogP) is 4.63. The lowest BCUT2D eigenvalue weighted by molar-refractivity contribution is 0.0983. The van der Waals surface area contributed by atoms with E-state index >= 15 is 0 Å². The Balaban J connectivity index is 1.70. The fourth-order valence-corrected chi connectivity index (χ4v) is 4.77. The average Bonchev–Trinajstić information content (AvgIpc) is 3.37. The molecule has 1 aromatic heterocycles. The lowest BCUT2D eigenvalue weighted by Gasteiger charge is -2.24. The molecule has 2 aromatic carbocycles. The van der Waals surface area contributed by atoms with Crippen molar-refractivity contribution in [2.75, 3.05) is 37.9 Å². The number of benzene rings is 2. The number of thiazole rings is 1. The number of aryl methyl sites for hydroxylation is 2. The van der Waals surface area contributed by atoms with Crippen molar-refractivity contribution in [1.82, 2.24) is 9.88 Å². The molecule has 0 saturated heterocycles. The number of anilines is 1. The lowest BCUT2D eigenvalue weighted by Crippen LogP contribution is -2.38. The van der Waals surface area contributed by atoms with E-state index in [9.17, 15) is 4.79 Å². The average molecular weight is 426 g/mol. The monoisotopic (exact) mass is 425 g/mol. The molecule has 0 unspecified atom stereocenters. The van der Waals surface area contributed by atoms with E-state index in [1.807, 2.05) is 0 Å². The van der Waals surface area contributed by atoms with Gasteiger partial charge in [-0.1, -0.05) is 31.3 Å². The minimum atomic E-state index is -0.0751. The maximum Gasteiger partial charge on any atom is 0.260 e. The number of hydrogen-bond donors (Lipinski definition) is 0. The van der Waals surface area contributed by atoms with Crippen molar-refractivity contribution in [2.24, 2.45) is 0 Å². The molecule has 0 aliphatic carbocycles. The van der Waals surface area contributed by atoms with Crippen LogP contribution >= 0.6 is 11.3 Å². The largest absolute Gasteiger partial charge is 0.454 e. The van der Waals surface area contributed by atoms with Crippen LogP contribution in [0.25, 0.3) is 10.2 Å². The summed E-state index contributed by atoms with van der Waals surface area (Å²) in [5.41, 5.74) is 3.88. The fourth-order valence-electron chi connectivity index (χ4n) is 3.73. The van der Waals surface area contributed by atoms with Crippen molar-refractivity contribution >= 4 is 32.6 Å². The molecule has 158 valence electrons. The van der Waals surface area contributed by atoms with E-state index in [0.717, 1.165) is 35.0 Å². The number of fused-ring (bicyclic) bond motifs is 2. The zero-order chi connectivity index (χ0) is 21.3. The van der Waals surface area contributed by atoms with Gasteiger partial charge in [0, 0.05) is 18.7 Å². The molecule has 0 saturated carbocycles. The Morgan fingerprint density at radius 1 is 1.07 bits per heavy atom. The van der Waals surface area contributed by atoms with Gasteiger partial charge in [-0.05, 0) is 62.3 Å². The summed E-state index contributed by atoms with van der Waals surface area (Å²) in [6.45, 7) is 11.9. The highest BCUT2D eigenvalue weighted by Crippen LogP contribution is 2.35. The highest BCUT2D eigenvalue weighted by molar-refractivity contribution is 7.22. The number of nitrogens with zero attached hydrogens (tertiary/aromatic N) is 3. The van der Waals surface area contributed by atoms with E-state index in [1.165, 1.54) is 11.1 Å². The Bertz CT molecular complexity index is 1070. The second kappa shape index (κ2) is 8.62. The van der Waals surface area contributed by atoms with Crippen LogP contribution in [-0.4, -0.2) is 48.8 Å². The normalized spacial score (nSPS) is 12.7. The second-order valence-corrected chi connectivity index (χ2v) is 8.46. The van der Waals surface area contributed by atoms with Crippen LogP contribution in [0.3, 0.4) is 0 Å². The van der Waals surface area contributed by atoms with Gasteiger partial charge >= 0.3 is 0 Å². The molecular weight excluding hydrogens is 398 g/mol. The minimum Gasteiger partial charge on any atom is -0.454 e. The highest BCUT2D eigenvalue weighted by atomic mass is 32.1. The molecule has 7 heteroatoms. The van der Waals surface area contributed by atoms with Crippen molar-refractivity contribution in [3.05, 3.63) is 47.0 Å². The Morgan fingerprint density at radius 2 is 1.83 bits per heavy atom. The lowest BCUT2D eigenvalue weighted by atomic mass is 10.1. The van der Waals surface area contributed by atoms with Gasteiger partial charge in [0.05, 0.1) is 10.2 Å². The quantitative estimate of drug-likeness (QED) is 0.552. The fraction of sp³-hybridized carbons (Fsp3) is 0.391. The molecule has 30 heavy (non-hydrogen) atoms. The molecule has 1 amide bonds. The van der Waals surface area contributed by atoms with Crippen molar-refractivity contribution in [2.45, 2.75) is 27.7 Å². The summed E-state index contributed by atoms with van der Waals surface area (Å²) in [6, 6.07) is 9.59. The zero-order valence-electron chi connectivity index (χ0n) is 17.9. The Kier molecular flexibility index (Phi) is 5.92. The smallest absolute Gasteiger partial charge is 0.260 e. The van der Waals surface area contributed by atoms with Gasteiger partial charge in [0.25, 0.3) is 5.91 Å². The van der Waals surface area contributed by atoms with Gasteiger partial charge in [0.15, 0.2) is 16.6 Å². The molecular formula is C23H27N3O3S. The number of amides is 1. The highest BCUT2D eigenvalue weighted by Gasteiger charge is 2.24. The van der Waals surface area contributed by atoms with Gasteiger partial charge in [-0.25, -0.2) is 4.98 Å². The van der Waals surface area contributed by atoms with Crippen LogP contribution in [0.5, 0.6) is 11.5 Å². The summed E-state index contributed by atoms with van der Waals surface area (Å²) in [5.74, 6) is 1.21. The van der Waals surface area contributed by atoms with Gasteiger partial charge in [-0.2, -0.15) is 0 Å². The van der Waals surface area contributed by atoms with E-state index in [0.29, 0.717) is 23.6 Å². The standard InChI is InChI=1S/C23H27N3O3S/c1-5-25(6-2)9-10-26(22(27)17-7-8-19-20(13-17)29-14-28-19)23-24-18-12-15(3)11-16(4)21(18)30-23/h7-8,11-13H,5-6,9-10,14H2,1-4H3. The number of carbonyl (C=O) groups excluding carboxylic acids is 1. The molecule has 0 atom stereocenters. The maximum atomic E-state index is 13.5. The van der Waals surface area contributed by atoms with Crippen LogP contribution in [0.1, 0.15) is 35.3 Å². The Labute approximate surface area is 181 Å². The van der Waals surface area contributed by atoms with Crippen LogP contribution in [0.15, 0.2) is 30.3 Å². The van der Waals surface area contributed by atoms with E-state index < -0.39 is 0 Å². The summed E-state index contributed by atoms with van der Waals surface area (Å²) < 4.78 is 12.0. The van der Waals surface area contributed by atoms with Crippen molar-refractivity contribution in [3.8, 4) is 11.5 Å². The van der Waals surface area contributed by atoms with Crippen LogP contribution in [0.2, 0.25) is 0 Å². The molecule has 0 spiro atoms. The molecule has 6 nitrogen and oxygen atoms in total. The van der Waals surface area contributed by atoms with Gasteiger partial charge in [-0.3, -0.25) is 9.69 Å². The number of carbonyl (C=O) groups is 1. The van der Waals surface area contributed by atoms with Gasteiger partial charge < -0.3 is 14.4 Å². The zero-order valence-corrected chi connectivity index (χ0v) is 18.7. The summed E-state index contributed by atoms with van der Waals surface area (Å²) in [4.78, 5) is 22.5. The molecule has 1 aliphatic heterocycles. The van der Waals surface area contributed by atoms with Gasteiger partial charge in [0.1, 0.15) is 0 Å². The third-order valence-electron chi connectivity index (χ3n) is 5.44.